The van der Waals surface area contributed by atoms with Crippen LogP contribution in [0.1, 0.15) is 25.1 Å². The van der Waals surface area contributed by atoms with Crippen LogP contribution in [0.15, 0.2) is 29.2 Å². The number of hydrogen-bond acceptors (Lipinski definition) is 6. The molecule has 0 radical (unpaired) electrons. The van der Waals surface area contributed by atoms with Gasteiger partial charge >= 0.3 is 0 Å². The zero-order chi connectivity index (χ0) is 21.6. The van der Waals surface area contributed by atoms with Gasteiger partial charge in [0.1, 0.15) is 11.3 Å². The highest BCUT2D eigenvalue weighted by Crippen LogP contribution is 2.34. The van der Waals surface area contributed by atoms with Crippen LogP contribution in [-0.4, -0.2) is 35.5 Å². The normalized spacial score (nSPS) is 14.3. The topological polar surface area (TPSA) is 117 Å². The highest BCUT2D eigenvalue weighted by Gasteiger charge is 2.30. The predicted octanol–water partition coefficient (Wildman–Crippen LogP) is 4.04. The molecule has 1 aromatic carbocycles. The van der Waals surface area contributed by atoms with Gasteiger partial charge in [-0.2, -0.15) is 0 Å². The molecule has 1 aliphatic carbocycles. The van der Waals surface area contributed by atoms with Crippen LogP contribution < -0.4 is 10.6 Å². The van der Waals surface area contributed by atoms with E-state index >= 15 is 0 Å². The quantitative estimate of drug-likeness (QED) is 0.516. The molecule has 4 rings (SSSR count). The van der Waals surface area contributed by atoms with E-state index in [0.29, 0.717) is 0 Å². The van der Waals surface area contributed by atoms with E-state index < -0.39 is 22.1 Å². The van der Waals surface area contributed by atoms with Crippen LogP contribution >= 0.6 is 11.6 Å². The maximum absolute atomic E-state index is 13.1. The fraction of sp³-hybridized carbons (Fsp3) is 0.278. The molecule has 1 fully saturated rings. The minimum absolute atomic E-state index is 0.0243. The number of halogens is 3. The van der Waals surface area contributed by atoms with Gasteiger partial charge in [-0.25, -0.2) is 27.2 Å². The Morgan fingerprint density at radius 1 is 1.23 bits per heavy atom. The number of aromatic nitrogens is 3. The third kappa shape index (κ3) is 4.21. The van der Waals surface area contributed by atoms with Gasteiger partial charge in [0.15, 0.2) is 21.3 Å². The van der Waals surface area contributed by atoms with Gasteiger partial charge in [0.05, 0.1) is 16.3 Å². The molecule has 3 N–H and O–H groups in total. The third-order valence-corrected chi connectivity index (χ3v) is 5.86. The molecule has 0 spiro atoms. The first kappa shape index (κ1) is 20.5. The van der Waals surface area contributed by atoms with Gasteiger partial charge in [-0.05, 0) is 31.0 Å². The molecule has 2 aromatic heterocycles. The zero-order valence-electron chi connectivity index (χ0n) is 15.5. The van der Waals surface area contributed by atoms with Crippen LogP contribution in [0, 0.1) is 5.92 Å². The van der Waals surface area contributed by atoms with E-state index in [0.717, 1.165) is 19.1 Å². The molecule has 0 saturated heterocycles. The molecular formula is C18H16ClF2N5O3S. The summed E-state index contributed by atoms with van der Waals surface area (Å²) >= 11 is 5.93. The fourth-order valence-corrected chi connectivity index (χ4v) is 3.99. The molecule has 0 atom stereocenters. The van der Waals surface area contributed by atoms with E-state index in [-0.39, 0.29) is 50.1 Å². The van der Waals surface area contributed by atoms with Crippen LogP contribution in [0.25, 0.3) is 11.2 Å². The summed E-state index contributed by atoms with van der Waals surface area (Å²) < 4.78 is 50.6. The first-order valence-electron chi connectivity index (χ1n) is 8.88. The second-order valence-corrected chi connectivity index (χ2v) is 9.40. The van der Waals surface area contributed by atoms with E-state index in [1.54, 1.807) is 0 Å². The molecule has 1 aliphatic rings. The van der Waals surface area contributed by atoms with Gasteiger partial charge in [0, 0.05) is 23.3 Å². The summed E-state index contributed by atoms with van der Waals surface area (Å²) in [5.41, 5.74) is 0.470. The Balaban J connectivity index is 1.81. The Labute approximate surface area is 175 Å². The summed E-state index contributed by atoms with van der Waals surface area (Å²) in [5, 5.41) is 5.77. The summed E-state index contributed by atoms with van der Waals surface area (Å²) in [7, 11) is -3.65. The maximum Gasteiger partial charge on any atom is 0.295 e. The van der Waals surface area contributed by atoms with Crippen LogP contribution in [0.3, 0.4) is 0 Å². The summed E-state index contributed by atoms with van der Waals surface area (Å²) in [6.45, 7) is 0. The number of rotatable bonds is 6. The van der Waals surface area contributed by atoms with Gasteiger partial charge in [-0.1, -0.05) is 11.6 Å². The van der Waals surface area contributed by atoms with Gasteiger partial charge in [0.2, 0.25) is 5.91 Å². The largest absolute Gasteiger partial charge is 0.352 e. The van der Waals surface area contributed by atoms with Gasteiger partial charge in [-0.15, -0.1) is 0 Å². The number of imidazole rings is 1. The van der Waals surface area contributed by atoms with Crippen molar-refractivity contribution in [3.8, 4) is 0 Å². The van der Waals surface area contributed by atoms with Crippen LogP contribution in [-0.2, 0) is 14.6 Å². The number of amides is 1. The van der Waals surface area contributed by atoms with Gasteiger partial charge < -0.3 is 15.6 Å². The SMILES string of the molecule is CS(=O)(=O)c1cc(Cl)ccc1Nc1cc(NC(=O)C2CC2)nc2[nH]c(C(F)F)nc12. The predicted molar refractivity (Wildman–Crippen MR) is 108 cm³/mol. The first-order valence-corrected chi connectivity index (χ1v) is 11.1. The van der Waals surface area contributed by atoms with Crippen molar-refractivity contribution in [1.82, 2.24) is 15.0 Å². The number of carbonyl (C=O) groups excluding carboxylic acids is 1. The van der Waals surface area contributed by atoms with Crippen molar-refractivity contribution in [3.63, 3.8) is 0 Å². The molecule has 8 nitrogen and oxygen atoms in total. The number of sulfone groups is 1. The highest BCUT2D eigenvalue weighted by molar-refractivity contribution is 7.90. The van der Waals surface area contributed by atoms with Crippen molar-refractivity contribution < 1.29 is 22.0 Å². The lowest BCUT2D eigenvalue weighted by Crippen LogP contribution is -2.14. The van der Waals surface area contributed by atoms with Crippen LogP contribution in [0.4, 0.5) is 26.0 Å². The molecule has 0 bridgehead atoms. The standard InChI is InChI=1S/C18H16ClF2N5O3S/c1-30(28,29)12-6-9(19)4-5-10(12)22-11-7-13(24-18(27)8-2-3-8)23-16-14(11)25-17(26-16)15(20)21/h4-8,15H,2-3H2,1H3,(H3,22,23,24,25,26,27). The summed E-state index contributed by atoms with van der Waals surface area (Å²) in [6, 6.07) is 5.64. The number of alkyl halides is 2. The number of carbonyl (C=O) groups is 1. The third-order valence-electron chi connectivity index (χ3n) is 4.49. The second kappa shape index (κ2) is 7.47. The van der Waals surface area contributed by atoms with Crippen molar-refractivity contribution in [2.45, 2.75) is 24.2 Å². The fourth-order valence-electron chi connectivity index (χ4n) is 2.90. The molecule has 0 aliphatic heterocycles. The summed E-state index contributed by atoms with van der Waals surface area (Å²) in [4.78, 5) is 22.5. The Hall–Kier alpha value is -2.79. The lowest BCUT2D eigenvalue weighted by atomic mass is 10.2. The molecule has 0 unspecified atom stereocenters. The number of nitrogens with one attached hydrogen (secondary N) is 3. The number of hydrogen-bond donors (Lipinski definition) is 3. The average molecular weight is 456 g/mol. The molecule has 1 saturated carbocycles. The second-order valence-electron chi connectivity index (χ2n) is 6.98. The number of anilines is 3. The molecular weight excluding hydrogens is 440 g/mol. The van der Waals surface area contributed by atoms with Crippen LogP contribution in [0.2, 0.25) is 5.02 Å². The van der Waals surface area contributed by atoms with E-state index in [9.17, 15) is 22.0 Å². The monoisotopic (exact) mass is 455 g/mol. The number of nitrogens with zero attached hydrogens (tertiary/aromatic N) is 2. The van der Waals surface area contributed by atoms with E-state index in [1.807, 2.05) is 0 Å². The number of pyridine rings is 1. The molecule has 12 heteroatoms. The van der Waals surface area contributed by atoms with E-state index in [4.69, 9.17) is 11.6 Å². The molecule has 158 valence electrons. The Bertz CT molecular complexity index is 1260. The average Bonchev–Trinajstić information content (AvgIpc) is 3.41. The van der Waals surface area contributed by atoms with Gasteiger partial charge in [0.25, 0.3) is 6.43 Å². The highest BCUT2D eigenvalue weighted by atomic mass is 35.5. The lowest BCUT2D eigenvalue weighted by molar-refractivity contribution is -0.117. The van der Waals surface area contributed by atoms with Crippen molar-refractivity contribution in [1.29, 1.82) is 0 Å². The molecule has 3 aromatic rings. The smallest absolute Gasteiger partial charge is 0.295 e. The van der Waals surface area contributed by atoms with Crippen molar-refractivity contribution in [2.24, 2.45) is 5.92 Å². The Morgan fingerprint density at radius 3 is 2.60 bits per heavy atom. The number of benzene rings is 1. The van der Waals surface area contributed by atoms with Crippen LogP contribution in [0.5, 0.6) is 0 Å². The van der Waals surface area contributed by atoms with Crippen molar-refractivity contribution in [3.05, 3.63) is 35.1 Å². The molecule has 1 amide bonds. The number of aromatic amines is 1. The number of fused-ring (bicyclic) bond motifs is 1. The minimum atomic E-state index is -3.65. The molecule has 2 heterocycles. The Morgan fingerprint density at radius 2 is 1.97 bits per heavy atom. The van der Waals surface area contributed by atoms with E-state index in [1.165, 1.54) is 24.3 Å². The summed E-state index contributed by atoms with van der Waals surface area (Å²) in [5.74, 6) is -0.776. The van der Waals surface area contributed by atoms with Crippen molar-refractivity contribution >= 4 is 55.7 Å². The van der Waals surface area contributed by atoms with Crippen molar-refractivity contribution in [2.75, 3.05) is 16.9 Å². The Kier molecular flexibility index (Phi) is 5.10. The zero-order valence-corrected chi connectivity index (χ0v) is 17.1. The number of H-pyrrole nitrogens is 1. The maximum atomic E-state index is 13.1. The summed E-state index contributed by atoms with van der Waals surface area (Å²) in [6.07, 6.45) is -0.280. The minimum Gasteiger partial charge on any atom is -0.352 e. The van der Waals surface area contributed by atoms with E-state index in [2.05, 4.69) is 25.6 Å². The molecule has 30 heavy (non-hydrogen) atoms. The van der Waals surface area contributed by atoms with Gasteiger partial charge in [-0.3, -0.25) is 4.79 Å². The lowest BCUT2D eigenvalue weighted by Gasteiger charge is -2.13. The first-order chi connectivity index (χ1) is 14.1.